The third-order valence-corrected chi connectivity index (χ3v) is 6.63. The lowest BCUT2D eigenvalue weighted by molar-refractivity contribution is 0.101. The lowest BCUT2D eigenvalue weighted by atomic mass is 9.96. The van der Waals surface area contributed by atoms with Crippen molar-refractivity contribution in [2.45, 2.75) is 6.04 Å². The van der Waals surface area contributed by atoms with Crippen LogP contribution in [-0.2, 0) is 7.05 Å². The van der Waals surface area contributed by atoms with Gasteiger partial charge in [0, 0.05) is 45.1 Å². The predicted octanol–water partition coefficient (Wildman–Crippen LogP) is 5.33. The Kier molecular flexibility index (Phi) is 6.64. The number of carbonyl (C=O) groups excluding carboxylic acids is 1. The van der Waals surface area contributed by atoms with Gasteiger partial charge in [-0.25, -0.2) is 4.39 Å². The Morgan fingerprint density at radius 1 is 0.829 bits per heavy atom. The van der Waals surface area contributed by atoms with E-state index in [1.165, 1.54) is 17.2 Å². The van der Waals surface area contributed by atoms with E-state index in [1.807, 2.05) is 12.1 Å². The van der Waals surface area contributed by atoms with E-state index in [-0.39, 0.29) is 17.8 Å². The zero-order valence-corrected chi connectivity index (χ0v) is 19.8. The van der Waals surface area contributed by atoms with Gasteiger partial charge in [-0.15, -0.1) is 0 Å². The molecule has 1 amide bonds. The fraction of sp³-hybridized carbons (Fsp3) is 0.207. The van der Waals surface area contributed by atoms with Crippen LogP contribution < -0.4 is 10.2 Å². The highest BCUT2D eigenvalue weighted by Gasteiger charge is 2.27. The van der Waals surface area contributed by atoms with Crippen molar-refractivity contribution in [1.29, 1.82) is 0 Å². The Bertz CT molecular complexity index is 1240. The number of nitrogens with one attached hydrogen (secondary N) is 1. The fourth-order valence-corrected chi connectivity index (χ4v) is 4.84. The molecule has 0 saturated carbocycles. The van der Waals surface area contributed by atoms with Crippen LogP contribution in [0.1, 0.15) is 27.7 Å². The van der Waals surface area contributed by atoms with Crippen molar-refractivity contribution in [2.75, 3.05) is 36.4 Å². The number of halogens is 1. The average Bonchev–Trinajstić information content (AvgIpc) is 3.32. The zero-order valence-electron chi connectivity index (χ0n) is 19.8. The molecular formula is C29H29FN4O. The first kappa shape index (κ1) is 22.9. The van der Waals surface area contributed by atoms with Gasteiger partial charge in [-0.2, -0.15) is 0 Å². The maximum atomic E-state index is 15.1. The highest BCUT2D eigenvalue weighted by molar-refractivity contribution is 6.03. The van der Waals surface area contributed by atoms with Crippen molar-refractivity contribution in [1.82, 2.24) is 9.47 Å². The highest BCUT2D eigenvalue weighted by atomic mass is 19.1. The van der Waals surface area contributed by atoms with Crippen molar-refractivity contribution in [3.63, 3.8) is 0 Å². The van der Waals surface area contributed by atoms with Gasteiger partial charge in [-0.1, -0.05) is 60.7 Å². The van der Waals surface area contributed by atoms with Gasteiger partial charge in [0.15, 0.2) is 0 Å². The van der Waals surface area contributed by atoms with Crippen molar-refractivity contribution in [3.8, 4) is 0 Å². The van der Waals surface area contributed by atoms with Crippen LogP contribution in [0.2, 0.25) is 0 Å². The number of carbonyl (C=O) groups is 1. The Morgan fingerprint density at radius 2 is 1.46 bits per heavy atom. The number of amides is 1. The van der Waals surface area contributed by atoms with Crippen molar-refractivity contribution in [3.05, 3.63) is 120 Å². The molecule has 4 aromatic rings. The number of anilines is 2. The first-order valence-corrected chi connectivity index (χ1v) is 11.9. The van der Waals surface area contributed by atoms with Crippen molar-refractivity contribution >= 4 is 17.3 Å². The summed E-state index contributed by atoms with van der Waals surface area (Å²) in [6.07, 6.45) is 1.80. The third kappa shape index (κ3) is 4.98. The van der Waals surface area contributed by atoms with E-state index >= 15 is 4.39 Å². The summed E-state index contributed by atoms with van der Waals surface area (Å²) in [6, 6.07) is 29.7. The van der Waals surface area contributed by atoms with Crippen LogP contribution in [-0.4, -0.2) is 41.6 Å². The minimum Gasteiger partial charge on any atom is -0.367 e. The molecule has 6 heteroatoms. The quantitative estimate of drug-likeness (QED) is 0.416. The molecule has 1 aliphatic heterocycles. The summed E-state index contributed by atoms with van der Waals surface area (Å²) in [7, 11) is 1.80. The number of hydrogen-bond donors (Lipinski definition) is 1. The van der Waals surface area contributed by atoms with E-state index in [0.29, 0.717) is 17.1 Å². The second-order valence-corrected chi connectivity index (χ2v) is 8.87. The summed E-state index contributed by atoms with van der Waals surface area (Å²) >= 11 is 0. The molecule has 0 aliphatic carbocycles. The first-order chi connectivity index (χ1) is 17.1. The van der Waals surface area contributed by atoms with Gasteiger partial charge in [0.05, 0.1) is 11.7 Å². The first-order valence-electron chi connectivity index (χ1n) is 11.9. The van der Waals surface area contributed by atoms with E-state index in [4.69, 9.17) is 0 Å². The Morgan fingerprint density at radius 3 is 2.00 bits per heavy atom. The molecule has 0 atom stereocenters. The number of hydrogen-bond acceptors (Lipinski definition) is 3. The van der Waals surface area contributed by atoms with Crippen LogP contribution in [0.3, 0.4) is 0 Å². The van der Waals surface area contributed by atoms with Gasteiger partial charge < -0.3 is 14.8 Å². The van der Waals surface area contributed by atoms with Crippen LogP contribution in [0.5, 0.6) is 0 Å². The summed E-state index contributed by atoms with van der Waals surface area (Å²) in [6.45, 7) is 3.09. The van der Waals surface area contributed by atoms with E-state index in [2.05, 4.69) is 63.6 Å². The molecular weight excluding hydrogens is 439 g/mol. The SMILES string of the molecule is Cn1cccc1C(=O)Nc1ccc(N2CCN(C(c3ccccc3)c3ccccc3)CC2)c(F)c1. The fourth-order valence-electron chi connectivity index (χ4n) is 4.84. The molecule has 3 aromatic carbocycles. The number of aromatic nitrogens is 1. The van der Waals surface area contributed by atoms with Crippen LogP contribution >= 0.6 is 0 Å². The molecule has 1 fully saturated rings. The van der Waals surface area contributed by atoms with Crippen molar-refractivity contribution in [2.24, 2.45) is 7.05 Å². The molecule has 1 saturated heterocycles. The molecule has 1 N–H and O–H groups in total. The number of piperazine rings is 1. The molecule has 0 radical (unpaired) electrons. The topological polar surface area (TPSA) is 40.5 Å². The van der Waals surface area contributed by atoms with E-state index in [9.17, 15) is 4.79 Å². The lowest BCUT2D eigenvalue weighted by Crippen LogP contribution is -2.48. The van der Waals surface area contributed by atoms with Gasteiger partial charge in [-0.05, 0) is 41.5 Å². The van der Waals surface area contributed by atoms with Gasteiger partial charge in [0.2, 0.25) is 0 Å². The summed E-state index contributed by atoms with van der Waals surface area (Å²) in [5, 5.41) is 2.79. The normalized spacial score (nSPS) is 14.3. The minimum absolute atomic E-state index is 0.166. The van der Waals surface area contributed by atoms with Gasteiger partial charge in [-0.3, -0.25) is 9.69 Å². The molecule has 5 nitrogen and oxygen atoms in total. The molecule has 2 heterocycles. The highest BCUT2D eigenvalue weighted by Crippen LogP contribution is 2.31. The van der Waals surface area contributed by atoms with E-state index < -0.39 is 0 Å². The maximum absolute atomic E-state index is 15.1. The second kappa shape index (κ2) is 10.2. The Labute approximate surface area is 205 Å². The third-order valence-electron chi connectivity index (χ3n) is 6.63. The Balaban J connectivity index is 1.28. The summed E-state index contributed by atoms with van der Waals surface area (Å²) in [5.41, 5.74) is 4.06. The number of rotatable bonds is 6. The molecule has 178 valence electrons. The maximum Gasteiger partial charge on any atom is 0.272 e. The second-order valence-electron chi connectivity index (χ2n) is 8.87. The molecule has 0 bridgehead atoms. The van der Waals surface area contributed by atoms with Crippen LogP contribution in [0.25, 0.3) is 0 Å². The molecule has 35 heavy (non-hydrogen) atoms. The molecule has 0 spiro atoms. The van der Waals surface area contributed by atoms with Crippen LogP contribution in [0.15, 0.2) is 97.2 Å². The minimum atomic E-state index is -0.328. The van der Waals surface area contributed by atoms with Crippen molar-refractivity contribution < 1.29 is 9.18 Å². The predicted molar refractivity (Wildman–Crippen MR) is 138 cm³/mol. The van der Waals surface area contributed by atoms with Gasteiger partial charge in [0.25, 0.3) is 5.91 Å². The molecule has 1 aliphatic rings. The molecule has 5 rings (SSSR count). The number of aryl methyl sites for hydroxylation is 1. The molecule has 1 aromatic heterocycles. The summed E-state index contributed by atoms with van der Waals surface area (Å²) < 4.78 is 16.8. The average molecular weight is 469 g/mol. The largest absolute Gasteiger partial charge is 0.367 e. The summed E-state index contributed by atoms with van der Waals surface area (Å²) in [5.74, 6) is -0.586. The standard InChI is InChI=1S/C29H29FN4O/c1-32-16-8-13-27(32)29(35)31-24-14-15-26(25(30)21-24)33-17-19-34(20-18-33)28(22-9-4-2-5-10-22)23-11-6-3-7-12-23/h2-16,21,28H,17-20H2,1H3,(H,31,35). The Hall–Kier alpha value is -3.90. The van der Waals surface area contributed by atoms with Gasteiger partial charge in [0.1, 0.15) is 11.5 Å². The smallest absolute Gasteiger partial charge is 0.272 e. The van der Waals surface area contributed by atoms with Gasteiger partial charge >= 0.3 is 0 Å². The zero-order chi connectivity index (χ0) is 24.2. The van der Waals surface area contributed by atoms with Crippen LogP contribution in [0, 0.1) is 5.82 Å². The number of nitrogens with zero attached hydrogens (tertiary/aromatic N) is 3. The van der Waals surface area contributed by atoms with Crippen LogP contribution in [0.4, 0.5) is 15.8 Å². The van der Waals surface area contributed by atoms with E-state index in [0.717, 1.165) is 26.2 Å². The van der Waals surface area contributed by atoms with E-state index in [1.54, 1.807) is 42.1 Å². The monoisotopic (exact) mass is 468 g/mol. The lowest BCUT2D eigenvalue weighted by Gasteiger charge is -2.40. The number of benzene rings is 3. The molecule has 0 unspecified atom stereocenters. The summed E-state index contributed by atoms with van der Waals surface area (Å²) in [4.78, 5) is 17.0.